The highest BCUT2D eigenvalue weighted by Gasteiger charge is 2.46. The van der Waals surface area contributed by atoms with Crippen LogP contribution < -0.4 is 14.4 Å². The van der Waals surface area contributed by atoms with E-state index in [9.17, 15) is 25.2 Å². The third-order valence-electron chi connectivity index (χ3n) is 8.57. The van der Waals surface area contributed by atoms with Gasteiger partial charge in [-0.1, -0.05) is 24.3 Å². The Hall–Kier alpha value is -3.42. The van der Waals surface area contributed by atoms with E-state index in [1.165, 1.54) is 0 Å². The van der Waals surface area contributed by atoms with Crippen LogP contribution in [0.25, 0.3) is 21.7 Å². The summed E-state index contributed by atoms with van der Waals surface area (Å²) in [7, 11) is 3.96. The molecule has 1 fully saturated rings. The number of rotatable bonds is 9. The van der Waals surface area contributed by atoms with Crippen molar-refractivity contribution in [2.24, 2.45) is 0 Å². The van der Waals surface area contributed by atoms with Gasteiger partial charge in [0.1, 0.15) is 48.2 Å². The van der Waals surface area contributed by atoms with Crippen LogP contribution in [-0.4, -0.2) is 113 Å². The van der Waals surface area contributed by atoms with Crippen LogP contribution >= 0.6 is 11.6 Å². The number of amides is 1. The fourth-order valence-electron chi connectivity index (χ4n) is 6.12. The van der Waals surface area contributed by atoms with Crippen molar-refractivity contribution in [3.05, 3.63) is 65.9 Å². The van der Waals surface area contributed by atoms with Gasteiger partial charge in [0.25, 0.3) is 5.91 Å². The van der Waals surface area contributed by atoms with Crippen LogP contribution in [0.15, 0.2) is 54.6 Å². The monoisotopic (exact) mass is 639 g/mol. The first-order chi connectivity index (χ1) is 21.6. The number of nitrogens with one attached hydrogen (secondary N) is 1. The van der Waals surface area contributed by atoms with Crippen molar-refractivity contribution in [3.63, 3.8) is 0 Å². The Morgan fingerprint density at radius 3 is 2.60 bits per heavy atom. The molecule has 0 radical (unpaired) electrons. The average Bonchev–Trinajstić information content (AvgIpc) is 3.64. The summed E-state index contributed by atoms with van der Waals surface area (Å²) in [6.07, 6.45) is -7.37. The Labute approximate surface area is 265 Å². The molecule has 45 heavy (non-hydrogen) atoms. The van der Waals surface area contributed by atoms with Gasteiger partial charge in [-0.3, -0.25) is 4.79 Å². The molecular formula is C33H38ClN3O8. The summed E-state index contributed by atoms with van der Waals surface area (Å²) in [5.41, 5.74) is 2.42. The van der Waals surface area contributed by atoms with Crippen molar-refractivity contribution in [3.8, 4) is 11.5 Å². The second-order valence-electron chi connectivity index (χ2n) is 12.0. The zero-order chi connectivity index (χ0) is 32.0. The second-order valence-corrected chi connectivity index (χ2v) is 12.6. The molecule has 7 atom stereocenters. The number of fused-ring (bicyclic) bond motifs is 4. The number of likely N-dealkylation sites (N-methyl/N-ethyl adjacent to an activating group) is 1. The molecule has 0 bridgehead atoms. The van der Waals surface area contributed by atoms with Gasteiger partial charge in [0.15, 0.2) is 0 Å². The predicted octanol–water partition coefficient (Wildman–Crippen LogP) is 2.81. The van der Waals surface area contributed by atoms with Crippen LogP contribution in [0.4, 0.5) is 5.69 Å². The van der Waals surface area contributed by atoms with E-state index in [1.807, 2.05) is 68.4 Å². The SMILES string of the molecule is C[C@@H](Cl)[C@@H]1CN(C(=O)c2cc3cc(OCCN(C)C)ccc3[nH]2)c2c(O[C@@H]3O[C@H](CO)[C@@H](O)[C@H](O)[C@H]3O)cc3ccccc3c21. The van der Waals surface area contributed by atoms with Crippen molar-refractivity contribution >= 4 is 44.9 Å². The zero-order valence-corrected chi connectivity index (χ0v) is 26.0. The van der Waals surface area contributed by atoms with Gasteiger partial charge in [-0.05, 0) is 67.7 Å². The van der Waals surface area contributed by atoms with Crippen LogP contribution in [0.5, 0.6) is 11.5 Å². The lowest BCUT2D eigenvalue weighted by Crippen LogP contribution is -2.60. The summed E-state index contributed by atoms with van der Waals surface area (Å²) in [5.74, 6) is 0.367. The predicted molar refractivity (Wildman–Crippen MR) is 170 cm³/mol. The maximum atomic E-state index is 14.3. The number of hydrogen-bond donors (Lipinski definition) is 5. The third-order valence-corrected chi connectivity index (χ3v) is 8.87. The molecule has 1 amide bonds. The molecule has 12 heteroatoms. The summed E-state index contributed by atoms with van der Waals surface area (Å²) >= 11 is 6.75. The number of halogens is 1. The van der Waals surface area contributed by atoms with Gasteiger partial charge in [0, 0.05) is 35.3 Å². The molecule has 0 saturated carbocycles. The normalized spacial score (nSPS) is 25.6. The zero-order valence-electron chi connectivity index (χ0n) is 25.3. The van der Waals surface area contributed by atoms with E-state index in [0.29, 0.717) is 23.7 Å². The second kappa shape index (κ2) is 12.8. The Morgan fingerprint density at radius 1 is 1.09 bits per heavy atom. The molecule has 4 aromatic rings. The first kappa shape index (κ1) is 31.6. The van der Waals surface area contributed by atoms with E-state index in [4.69, 9.17) is 25.8 Å². The van der Waals surface area contributed by atoms with Crippen LogP contribution in [0.1, 0.15) is 28.9 Å². The molecule has 0 unspecified atom stereocenters. The molecule has 11 nitrogen and oxygen atoms in total. The van der Waals surface area contributed by atoms with Crippen molar-refractivity contribution in [2.45, 2.75) is 48.9 Å². The van der Waals surface area contributed by atoms with Crippen molar-refractivity contribution in [1.82, 2.24) is 9.88 Å². The topological polar surface area (TPSA) is 148 Å². The largest absolute Gasteiger partial charge is 0.492 e. The molecule has 2 aliphatic heterocycles. The molecular weight excluding hydrogens is 602 g/mol. The van der Waals surface area contributed by atoms with Gasteiger partial charge in [-0.15, -0.1) is 11.6 Å². The van der Waals surface area contributed by atoms with Crippen LogP contribution in [0.2, 0.25) is 0 Å². The number of carbonyl (C=O) groups excluding carboxylic acids is 1. The fourth-order valence-corrected chi connectivity index (χ4v) is 6.32. The molecule has 240 valence electrons. The number of H-pyrrole nitrogens is 1. The molecule has 1 saturated heterocycles. The van der Waals surface area contributed by atoms with Crippen molar-refractivity contribution in [1.29, 1.82) is 0 Å². The first-order valence-electron chi connectivity index (χ1n) is 15.0. The minimum Gasteiger partial charge on any atom is -0.492 e. The molecule has 5 N–H and O–H groups in total. The number of alkyl halides is 1. The van der Waals surface area contributed by atoms with Crippen LogP contribution in [0, 0.1) is 0 Å². The highest BCUT2D eigenvalue weighted by molar-refractivity contribution is 6.22. The van der Waals surface area contributed by atoms with Crippen molar-refractivity contribution < 1.29 is 39.4 Å². The first-order valence-corrected chi connectivity index (χ1v) is 15.4. The van der Waals surface area contributed by atoms with E-state index >= 15 is 0 Å². The highest BCUT2D eigenvalue weighted by atomic mass is 35.5. The average molecular weight is 640 g/mol. The summed E-state index contributed by atoms with van der Waals surface area (Å²) in [5, 5.41) is 43.4. The maximum absolute atomic E-state index is 14.3. The molecule has 0 spiro atoms. The number of nitrogens with zero attached hydrogens (tertiary/aromatic N) is 2. The lowest BCUT2D eigenvalue weighted by Gasteiger charge is -2.40. The van der Waals surface area contributed by atoms with E-state index in [1.54, 1.807) is 17.0 Å². The quantitative estimate of drug-likeness (QED) is 0.174. The minimum atomic E-state index is -1.62. The molecule has 3 aromatic carbocycles. The summed E-state index contributed by atoms with van der Waals surface area (Å²) in [4.78, 5) is 21.2. The highest BCUT2D eigenvalue weighted by Crippen LogP contribution is 2.50. The van der Waals surface area contributed by atoms with Gasteiger partial charge in [0.2, 0.25) is 6.29 Å². The smallest absolute Gasteiger partial charge is 0.274 e. The molecule has 1 aromatic heterocycles. The number of ether oxygens (including phenoxy) is 3. The van der Waals surface area contributed by atoms with E-state index < -0.39 is 37.3 Å². The minimum absolute atomic E-state index is 0.230. The number of benzene rings is 3. The Morgan fingerprint density at radius 2 is 1.87 bits per heavy atom. The number of carbonyl (C=O) groups is 1. The Bertz CT molecular complexity index is 1690. The number of hydrogen-bond acceptors (Lipinski definition) is 9. The van der Waals surface area contributed by atoms with Gasteiger partial charge in [-0.2, -0.15) is 0 Å². The third kappa shape index (κ3) is 5.97. The Balaban J connectivity index is 1.40. The van der Waals surface area contributed by atoms with Crippen molar-refractivity contribution in [2.75, 3.05) is 45.3 Å². The summed E-state index contributed by atoms with van der Waals surface area (Å²) in [6, 6.07) is 16.8. The number of anilines is 1. The van der Waals surface area contributed by atoms with Gasteiger partial charge in [-0.25, -0.2) is 0 Å². The number of aliphatic hydroxyl groups excluding tert-OH is 4. The fraction of sp³-hybridized carbons (Fsp3) is 0.424. The molecule has 3 heterocycles. The Kier molecular flexibility index (Phi) is 8.95. The number of aromatic nitrogens is 1. The van der Waals surface area contributed by atoms with E-state index in [-0.39, 0.29) is 29.5 Å². The lowest BCUT2D eigenvalue weighted by molar-refractivity contribution is -0.277. The number of aliphatic hydroxyl groups is 4. The van der Waals surface area contributed by atoms with E-state index in [0.717, 1.165) is 33.8 Å². The van der Waals surface area contributed by atoms with Gasteiger partial charge >= 0.3 is 0 Å². The molecule has 2 aliphatic rings. The number of aromatic amines is 1. The van der Waals surface area contributed by atoms with Crippen LogP contribution in [-0.2, 0) is 4.74 Å². The molecule has 6 rings (SSSR count). The van der Waals surface area contributed by atoms with Gasteiger partial charge in [0.05, 0.1) is 12.3 Å². The summed E-state index contributed by atoms with van der Waals surface area (Å²) < 4.78 is 17.8. The van der Waals surface area contributed by atoms with Crippen LogP contribution in [0.3, 0.4) is 0 Å². The molecule has 0 aliphatic carbocycles. The van der Waals surface area contributed by atoms with Gasteiger partial charge < -0.3 is 49.4 Å². The standard InChI is InChI=1S/C33H38ClN3O8/c1-17(34)22-15-37(32(42)24-13-19-12-20(8-9-23(19)35-24)43-11-10-36(2)3)28-25(14-18-6-4-5-7-21(18)27(22)28)44-33-31(41)30(40)29(39)26(16-38)45-33/h4-9,12-14,17,22,26,29-31,33,35,38-41H,10-11,15-16H2,1-3H3/t17-,22+,26-,29-,30+,31-,33-/m1/s1. The maximum Gasteiger partial charge on any atom is 0.274 e. The van der Waals surface area contributed by atoms with E-state index in [2.05, 4.69) is 4.98 Å². The lowest BCUT2D eigenvalue weighted by atomic mass is 9.92. The summed E-state index contributed by atoms with van der Waals surface area (Å²) in [6.45, 7) is 2.85.